The maximum atomic E-state index is 13.5. The third-order valence-electron chi connectivity index (χ3n) is 6.99. The van der Waals surface area contributed by atoms with Gasteiger partial charge in [0.2, 0.25) is 5.91 Å². The molecule has 2 fully saturated rings. The molecule has 0 aromatic heterocycles. The molecule has 0 radical (unpaired) electrons. The van der Waals surface area contributed by atoms with Crippen molar-refractivity contribution in [3.05, 3.63) is 0 Å². The van der Waals surface area contributed by atoms with Gasteiger partial charge in [0.1, 0.15) is 12.1 Å². The maximum Gasteiger partial charge on any atom is 0.322 e. The lowest BCUT2D eigenvalue weighted by atomic mass is 9.83. The van der Waals surface area contributed by atoms with Gasteiger partial charge < -0.3 is 16.2 Å². The first-order valence-corrected chi connectivity index (χ1v) is 13.7. The Balaban J connectivity index is 2.31. The van der Waals surface area contributed by atoms with Crippen LogP contribution >= 0.6 is 0 Å². The first-order valence-electron chi connectivity index (χ1n) is 12.2. The number of hydrogen-bond donors (Lipinski definition) is 4. The van der Waals surface area contributed by atoms with Gasteiger partial charge in [0.25, 0.3) is 10.2 Å². The van der Waals surface area contributed by atoms with E-state index >= 15 is 0 Å². The van der Waals surface area contributed by atoms with Gasteiger partial charge in [0, 0.05) is 6.04 Å². The van der Waals surface area contributed by atoms with Gasteiger partial charge >= 0.3 is 5.97 Å². The Hall–Kier alpha value is -1.23. The van der Waals surface area contributed by atoms with Crippen LogP contribution in [0.3, 0.4) is 0 Å². The summed E-state index contributed by atoms with van der Waals surface area (Å²) in [5.41, 5.74) is 5.53. The van der Waals surface area contributed by atoms with Gasteiger partial charge in [-0.2, -0.15) is 12.7 Å². The van der Waals surface area contributed by atoms with E-state index < -0.39 is 34.2 Å². The van der Waals surface area contributed by atoms with E-state index in [1.807, 2.05) is 0 Å². The van der Waals surface area contributed by atoms with Crippen LogP contribution < -0.4 is 16.2 Å². The second-order valence-corrected chi connectivity index (χ2v) is 11.2. The van der Waals surface area contributed by atoms with Gasteiger partial charge in [0.15, 0.2) is 0 Å². The zero-order valence-electron chi connectivity index (χ0n) is 19.4. The third-order valence-corrected chi connectivity index (χ3v) is 8.09. The SMILES string of the molecule is CC1CCCC(NC(=O)[C@H](CC2CCCCC2)N([C@@H](CCCCN)C(=O)O)S(N)(=O)=O)C1. The van der Waals surface area contributed by atoms with Gasteiger partial charge in [-0.05, 0) is 56.9 Å². The summed E-state index contributed by atoms with van der Waals surface area (Å²) in [5.74, 6) is -1.05. The summed E-state index contributed by atoms with van der Waals surface area (Å²) in [6, 6.07) is -2.53. The van der Waals surface area contributed by atoms with Crippen LogP contribution in [-0.2, 0) is 19.8 Å². The quantitative estimate of drug-likeness (QED) is 0.317. The molecule has 9 nitrogen and oxygen atoms in total. The fourth-order valence-corrected chi connectivity index (χ4v) is 6.43. The molecule has 2 aliphatic rings. The zero-order valence-corrected chi connectivity index (χ0v) is 20.2. The molecular weight excluding hydrogens is 432 g/mol. The smallest absolute Gasteiger partial charge is 0.322 e. The summed E-state index contributed by atoms with van der Waals surface area (Å²) in [6.07, 6.45) is 10.2. The molecule has 2 rings (SSSR count). The van der Waals surface area contributed by atoms with Crippen molar-refractivity contribution in [1.82, 2.24) is 9.62 Å². The summed E-state index contributed by atoms with van der Waals surface area (Å²) in [6.45, 7) is 2.53. The average Bonchev–Trinajstić information content (AvgIpc) is 2.72. The maximum absolute atomic E-state index is 13.5. The fraction of sp³-hybridized carbons (Fsp3) is 0.909. The molecule has 186 valence electrons. The predicted molar refractivity (Wildman–Crippen MR) is 124 cm³/mol. The van der Waals surface area contributed by atoms with Crippen molar-refractivity contribution in [3.63, 3.8) is 0 Å². The van der Waals surface area contributed by atoms with Crippen LogP contribution in [-0.4, -0.2) is 54.4 Å². The monoisotopic (exact) mass is 474 g/mol. The number of carbonyl (C=O) groups excluding carboxylic acids is 1. The molecule has 2 saturated carbocycles. The summed E-state index contributed by atoms with van der Waals surface area (Å²) in [4.78, 5) is 25.6. The number of hydrogen-bond acceptors (Lipinski definition) is 5. The van der Waals surface area contributed by atoms with E-state index in [0.717, 1.165) is 62.1 Å². The van der Waals surface area contributed by atoms with E-state index in [-0.39, 0.29) is 18.4 Å². The molecule has 0 saturated heterocycles. The lowest BCUT2D eigenvalue weighted by molar-refractivity contribution is -0.143. The molecule has 32 heavy (non-hydrogen) atoms. The minimum atomic E-state index is -4.43. The fourth-order valence-electron chi connectivity index (χ4n) is 5.34. The van der Waals surface area contributed by atoms with Crippen molar-refractivity contribution in [3.8, 4) is 0 Å². The topological polar surface area (TPSA) is 156 Å². The van der Waals surface area contributed by atoms with Gasteiger partial charge in [-0.25, -0.2) is 5.14 Å². The van der Waals surface area contributed by atoms with E-state index in [4.69, 9.17) is 10.9 Å². The number of rotatable bonds is 12. The Labute approximate surface area is 192 Å². The summed E-state index contributed by atoms with van der Waals surface area (Å²) < 4.78 is 26.1. The summed E-state index contributed by atoms with van der Waals surface area (Å²) in [5, 5.41) is 18.5. The molecule has 0 aromatic rings. The molecule has 2 aliphatic carbocycles. The largest absolute Gasteiger partial charge is 0.480 e. The summed E-state index contributed by atoms with van der Waals surface area (Å²) in [7, 11) is -4.43. The minimum absolute atomic E-state index is 0.0250. The van der Waals surface area contributed by atoms with Crippen molar-refractivity contribution in [2.45, 2.75) is 109 Å². The number of nitrogens with one attached hydrogen (secondary N) is 1. The number of carboxylic acids is 1. The molecule has 4 atom stereocenters. The van der Waals surface area contributed by atoms with E-state index in [1.165, 1.54) is 0 Å². The van der Waals surface area contributed by atoms with E-state index in [1.54, 1.807) is 0 Å². The Morgan fingerprint density at radius 2 is 1.75 bits per heavy atom. The number of aliphatic carboxylic acids is 1. The molecule has 0 aliphatic heterocycles. The van der Waals surface area contributed by atoms with E-state index in [9.17, 15) is 23.1 Å². The summed E-state index contributed by atoms with van der Waals surface area (Å²) >= 11 is 0. The average molecular weight is 475 g/mol. The molecule has 2 unspecified atom stereocenters. The van der Waals surface area contributed by atoms with Crippen LogP contribution in [0.4, 0.5) is 0 Å². The number of unbranched alkanes of at least 4 members (excludes halogenated alkanes) is 1. The molecule has 0 spiro atoms. The second kappa shape index (κ2) is 12.9. The Morgan fingerprint density at radius 3 is 2.31 bits per heavy atom. The van der Waals surface area contributed by atoms with Crippen LogP contribution in [0.1, 0.15) is 90.4 Å². The lowest BCUT2D eigenvalue weighted by Crippen LogP contribution is -2.59. The van der Waals surface area contributed by atoms with Crippen LogP contribution in [0.25, 0.3) is 0 Å². The van der Waals surface area contributed by atoms with Crippen LogP contribution in [0.2, 0.25) is 0 Å². The molecule has 0 heterocycles. The van der Waals surface area contributed by atoms with Crippen molar-refractivity contribution in [2.24, 2.45) is 22.7 Å². The second-order valence-electron chi connectivity index (χ2n) is 9.75. The van der Waals surface area contributed by atoms with E-state index in [2.05, 4.69) is 12.2 Å². The van der Waals surface area contributed by atoms with Crippen molar-refractivity contribution in [1.29, 1.82) is 0 Å². The Kier molecular flexibility index (Phi) is 10.9. The molecular formula is C22H42N4O5S. The van der Waals surface area contributed by atoms with E-state index in [0.29, 0.717) is 31.7 Å². The number of carboxylic acid groups (broad SMARTS) is 1. The standard InChI is InChI=1S/C22H42N4O5S/c1-16-8-7-11-18(14-16)25-21(27)20(15-17-9-3-2-4-10-17)26(32(24,30)31)19(22(28)29)12-5-6-13-23/h16-20H,2-15,23H2,1H3,(H,25,27)(H,28,29)(H2,24,30,31)/t16?,18?,19-,20-/m0/s1. The highest BCUT2D eigenvalue weighted by atomic mass is 32.2. The number of nitrogens with zero attached hydrogens (tertiary/aromatic N) is 1. The minimum Gasteiger partial charge on any atom is -0.480 e. The van der Waals surface area contributed by atoms with Crippen molar-refractivity contribution in [2.75, 3.05) is 6.54 Å². The first-order chi connectivity index (χ1) is 15.1. The molecule has 0 bridgehead atoms. The number of nitrogens with two attached hydrogens (primary N) is 2. The Morgan fingerprint density at radius 1 is 1.06 bits per heavy atom. The van der Waals surface area contributed by atoms with Gasteiger partial charge in [-0.1, -0.05) is 51.9 Å². The van der Waals surface area contributed by atoms with Crippen LogP contribution in [0, 0.1) is 11.8 Å². The molecule has 6 N–H and O–H groups in total. The number of carbonyl (C=O) groups is 2. The van der Waals surface area contributed by atoms with Crippen LogP contribution in [0.15, 0.2) is 0 Å². The highest BCUT2D eigenvalue weighted by Gasteiger charge is 2.43. The van der Waals surface area contributed by atoms with Gasteiger partial charge in [0.05, 0.1) is 0 Å². The highest BCUT2D eigenvalue weighted by Crippen LogP contribution is 2.31. The van der Waals surface area contributed by atoms with Gasteiger partial charge in [-0.3, -0.25) is 9.59 Å². The van der Waals surface area contributed by atoms with Crippen LogP contribution in [0.5, 0.6) is 0 Å². The zero-order chi connectivity index (χ0) is 23.7. The number of amides is 1. The highest BCUT2D eigenvalue weighted by molar-refractivity contribution is 7.86. The van der Waals surface area contributed by atoms with Crippen molar-refractivity contribution < 1.29 is 23.1 Å². The Bertz CT molecular complexity index is 711. The normalized spacial score (nSPS) is 24.8. The first kappa shape index (κ1) is 27.0. The third kappa shape index (κ3) is 8.28. The van der Waals surface area contributed by atoms with Crippen molar-refractivity contribution >= 4 is 22.1 Å². The van der Waals surface area contributed by atoms with Gasteiger partial charge in [-0.15, -0.1) is 0 Å². The lowest BCUT2D eigenvalue weighted by Gasteiger charge is -2.37. The predicted octanol–water partition coefficient (Wildman–Crippen LogP) is 2.11. The molecule has 10 heteroatoms. The molecule has 1 amide bonds. The molecule has 0 aromatic carbocycles.